The maximum absolute atomic E-state index is 12.0. The first kappa shape index (κ1) is 22.1. The van der Waals surface area contributed by atoms with E-state index in [1.807, 2.05) is 6.08 Å². The second kappa shape index (κ2) is 7.13. The van der Waals surface area contributed by atoms with E-state index >= 15 is 0 Å². The number of fused-ring (bicyclic) bond motifs is 5. The molecule has 1 heterocycles. The lowest BCUT2D eigenvalue weighted by Crippen LogP contribution is -2.53. The van der Waals surface area contributed by atoms with Gasteiger partial charge < -0.3 is 19.7 Å². The topological polar surface area (TPSA) is 110 Å². The van der Waals surface area contributed by atoms with Crippen molar-refractivity contribution in [2.45, 2.75) is 90.1 Å². The van der Waals surface area contributed by atoms with Gasteiger partial charge in [-0.2, -0.15) is 0 Å². The number of ether oxygens (including phenoxy) is 2. The molecule has 0 aromatic rings. The SMILES string of the molecule is CC1([C@H]2CC[C@H]3[C@@H]4CCC5=CC(=O)CC[C@]5(C)[C@H]4CC[C@]23C)OC(C(=O)O)C(C(=O)O)O1. The number of carboxylic acids is 2. The first-order chi connectivity index (χ1) is 15.0. The zero-order chi connectivity index (χ0) is 23.1. The minimum absolute atomic E-state index is 0.0511. The van der Waals surface area contributed by atoms with E-state index in [2.05, 4.69) is 13.8 Å². The van der Waals surface area contributed by atoms with Gasteiger partial charge in [0.15, 0.2) is 23.8 Å². The summed E-state index contributed by atoms with van der Waals surface area (Å²) in [5, 5.41) is 19.0. The molecule has 7 nitrogen and oxygen atoms in total. The van der Waals surface area contributed by atoms with Crippen molar-refractivity contribution in [3.63, 3.8) is 0 Å². The number of hydrogen-bond donors (Lipinski definition) is 2. The third-order valence-corrected chi connectivity index (χ3v) is 10.1. The highest BCUT2D eigenvalue weighted by molar-refractivity contribution is 5.91. The molecule has 2 N–H and O–H groups in total. The molecule has 8 atom stereocenters. The van der Waals surface area contributed by atoms with Crippen LogP contribution in [-0.4, -0.2) is 45.9 Å². The number of carbonyl (C=O) groups is 3. The summed E-state index contributed by atoms with van der Waals surface area (Å²) >= 11 is 0. The van der Waals surface area contributed by atoms with Gasteiger partial charge in [0.05, 0.1) is 0 Å². The molecule has 0 amide bonds. The van der Waals surface area contributed by atoms with Gasteiger partial charge in [-0.05, 0) is 86.5 Å². The number of rotatable bonds is 3. The van der Waals surface area contributed by atoms with Crippen LogP contribution in [0.4, 0.5) is 0 Å². The van der Waals surface area contributed by atoms with Crippen LogP contribution in [-0.2, 0) is 23.9 Å². The molecule has 4 aliphatic carbocycles. The van der Waals surface area contributed by atoms with Gasteiger partial charge in [0.1, 0.15) is 0 Å². The summed E-state index contributed by atoms with van der Waals surface area (Å²) in [5.74, 6) is -2.01. The summed E-state index contributed by atoms with van der Waals surface area (Å²) in [7, 11) is 0. The second-order valence-electron chi connectivity index (χ2n) is 11.4. The maximum atomic E-state index is 12.0. The quantitative estimate of drug-likeness (QED) is 0.678. The third kappa shape index (κ3) is 2.96. The number of aliphatic carboxylic acids is 2. The van der Waals surface area contributed by atoms with E-state index in [4.69, 9.17) is 9.47 Å². The highest BCUT2D eigenvalue weighted by Crippen LogP contribution is 2.68. The zero-order valence-electron chi connectivity index (χ0n) is 19.1. The molecule has 0 aromatic heterocycles. The van der Waals surface area contributed by atoms with Crippen LogP contribution in [0.3, 0.4) is 0 Å². The van der Waals surface area contributed by atoms with E-state index in [9.17, 15) is 24.6 Å². The Hall–Kier alpha value is -1.73. The van der Waals surface area contributed by atoms with E-state index < -0.39 is 29.9 Å². The Balaban J connectivity index is 1.42. The Morgan fingerprint density at radius 1 is 0.906 bits per heavy atom. The fourth-order valence-corrected chi connectivity index (χ4v) is 8.60. The van der Waals surface area contributed by atoms with E-state index in [1.165, 1.54) is 5.57 Å². The normalized spacial score (nSPS) is 50.2. The summed E-state index contributed by atoms with van der Waals surface area (Å²) in [6, 6.07) is 0. The molecule has 5 rings (SSSR count). The number of carbonyl (C=O) groups excluding carboxylic acids is 1. The lowest BCUT2D eigenvalue weighted by atomic mass is 9.46. The van der Waals surface area contributed by atoms with Crippen molar-refractivity contribution in [3.05, 3.63) is 11.6 Å². The monoisotopic (exact) mass is 446 g/mol. The van der Waals surface area contributed by atoms with Crippen LogP contribution in [0, 0.1) is 34.5 Å². The Morgan fingerprint density at radius 3 is 2.19 bits per heavy atom. The van der Waals surface area contributed by atoms with Gasteiger partial charge in [0, 0.05) is 12.3 Å². The summed E-state index contributed by atoms with van der Waals surface area (Å²) < 4.78 is 11.8. The zero-order valence-corrected chi connectivity index (χ0v) is 19.1. The Morgan fingerprint density at radius 2 is 1.56 bits per heavy atom. The number of ketones is 1. The molecule has 1 aliphatic heterocycles. The first-order valence-corrected chi connectivity index (χ1v) is 12.0. The van der Waals surface area contributed by atoms with E-state index in [0.717, 1.165) is 44.9 Å². The predicted molar refractivity (Wildman–Crippen MR) is 114 cm³/mol. The number of allylic oxidation sites excluding steroid dienone is 1. The van der Waals surface area contributed by atoms with E-state index in [0.29, 0.717) is 24.2 Å². The lowest BCUT2D eigenvalue weighted by molar-refractivity contribution is -0.230. The van der Waals surface area contributed by atoms with Gasteiger partial charge in [-0.1, -0.05) is 19.4 Å². The molecule has 7 heteroatoms. The van der Waals surface area contributed by atoms with Crippen LogP contribution in [0.5, 0.6) is 0 Å². The van der Waals surface area contributed by atoms with Crippen LogP contribution in [0.2, 0.25) is 0 Å². The van der Waals surface area contributed by atoms with Crippen molar-refractivity contribution in [3.8, 4) is 0 Å². The summed E-state index contributed by atoms with van der Waals surface area (Å²) in [6.07, 6.45) is 6.50. The first-order valence-electron chi connectivity index (χ1n) is 12.0. The van der Waals surface area contributed by atoms with Gasteiger partial charge >= 0.3 is 11.9 Å². The number of carboxylic acid groups (broad SMARTS) is 2. The standard InChI is InChI=1S/C25H34O7/c1-23-10-8-14(26)12-13(23)4-5-15-16-6-7-18(24(16,2)11-9-17(15)23)25(3)31-19(21(27)28)20(32-25)22(29)30/h12,15-20H,4-11H2,1-3H3,(H,27,28)(H,29,30)/t15-,16-,17-,18-,19?,20?,23-,24-,25?/m0/s1. The van der Waals surface area contributed by atoms with Gasteiger partial charge in [0.25, 0.3) is 0 Å². The van der Waals surface area contributed by atoms with Gasteiger partial charge in [0.2, 0.25) is 0 Å². The molecular weight excluding hydrogens is 412 g/mol. The minimum Gasteiger partial charge on any atom is -0.479 e. The Bertz CT molecular complexity index is 871. The van der Waals surface area contributed by atoms with E-state index in [1.54, 1.807) is 6.92 Å². The maximum Gasteiger partial charge on any atom is 0.336 e. The van der Waals surface area contributed by atoms with E-state index in [-0.39, 0.29) is 22.5 Å². The predicted octanol–water partition coefficient (Wildman–Crippen LogP) is 3.80. The minimum atomic E-state index is -1.49. The fraction of sp³-hybridized carbons (Fsp3) is 0.800. The van der Waals surface area contributed by atoms with Crippen LogP contribution in [0.1, 0.15) is 72.1 Å². The second-order valence-corrected chi connectivity index (χ2v) is 11.4. The molecule has 0 aromatic carbocycles. The smallest absolute Gasteiger partial charge is 0.336 e. The molecule has 32 heavy (non-hydrogen) atoms. The fourth-order valence-electron chi connectivity index (χ4n) is 8.60. The third-order valence-electron chi connectivity index (χ3n) is 10.1. The average Bonchev–Trinajstić information content (AvgIpc) is 3.27. The highest BCUT2D eigenvalue weighted by atomic mass is 16.8. The van der Waals surface area contributed by atoms with Crippen molar-refractivity contribution < 1.29 is 34.1 Å². The van der Waals surface area contributed by atoms with Crippen LogP contribution in [0.15, 0.2) is 11.6 Å². The average molecular weight is 447 g/mol. The van der Waals surface area contributed by atoms with Crippen molar-refractivity contribution >= 4 is 17.7 Å². The summed E-state index contributed by atoms with van der Waals surface area (Å²) in [4.78, 5) is 35.4. The number of hydrogen-bond acceptors (Lipinski definition) is 5. The Kier molecular flexibility index (Phi) is 4.92. The largest absolute Gasteiger partial charge is 0.479 e. The summed E-state index contributed by atoms with van der Waals surface area (Å²) in [6.45, 7) is 6.38. The molecule has 3 saturated carbocycles. The van der Waals surface area contributed by atoms with Crippen LogP contribution < -0.4 is 0 Å². The molecule has 2 unspecified atom stereocenters. The highest BCUT2D eigenvalue weighted by Gasteiger charge is 2.65. The van der Waals surface area contributed by atoms with Crippen LogP contribution in [0.25, 0.3) is 0 Å². The van der Waals surface area contributed by atoms with Crippen molar-refractivity contribution in [2.24, 2.45) is 34.5 Å². The molecule has 5 aliphatic rings. The van der Waals surface area contributed by atoms with Gasteiger partial charge in [-0.25, -0.2) is 9.59 Å². The molecule has 4 fully saturated rings. The Labute approximate surface area is 188 Å². The summed E-state index contributed by atoms with van der Waals surface area (Å²) in [5.41, 5.74) is 1.36. The van der Waals surface area contributed by atoms with Gasteiger partial charge in [-0.15, -0.1) is 0 Å². The molecule has 0 radical (unpaired) electrons. The van der Waals surface area contributed by atoms with Crippen molar-refractivity contribution in [1.82, 2.24) is 0 Å². The molecule has 1 saturated heterocycles. The molecule has 176 valence electrons. The molecule has 0 bridgehead atoms. The molecule has 0 spiro atoms. The lowest BCUT2D eigenvalue weighted by Gasteiger charge is -2.58. The van der Waals surface area contributed by atoms with Gasteiger partial charge in [-0.3, -0.25) is 4.79 Å². The van der Waals surface area contributed by atoms with Crippen molar-refractivity contribution in [2.75, 3.05) is 0 Å². The van der Waals surface area contributed by atoms with Crippen molar-refractivity contribution in [1.29, 1.82) is 0 Å². The molecular formula is C25H34O7. The van der Waals surface area contributed by atoms with Crippen LogP contribution >= 0.6 is 0 Å².